The molecule has 3 rings (SSSR count). The number of rotatable bonds is 6. The Kier molecular flexibility index (Phi) is 5.79. The highest BCUT2D eigenvalue weighted by atomic mass is 16.5. The number of amides is 1. The minimum Gasteiger partial charge on any atom is -0.497 e. The predicted molar refractivity (Wildman–Crippen MR) is 110 cm³/mol. The highest BCUT2D eigenvalue weighted by molar-refractivity contribution is 5.95. The number of aryl methyl sites for hydroxylation is 2. The van der Waals surface area contributed by atoms with Crippen LogP contribution in [-0.4, -0.2) is 30.9 Å². The van der Waals surface area contributed by atoms with Gasteiger partial charge in [-0.3, -0.25) is 4.79 Å². The summed E-state index contributed by atoms with van der Waals surface area (Å²) in [6, 6.07) is 16.9. The Morgan fingerprint density at radius 3 is 2.25 bits per heavy atom. The van der Waals surface area contributed by atoms with E-state index in [0.29, 0.717) is 22.6 Å². The summed E-state index contributed by atoms with van der Waals surface area (Å²) in [7, 11) is 3.17. The molecule has 0 fully saturated rings. The van der Waals surface area contributed by atoms with Gasteiger partial charge in [0, 0.05) is 28.2 Å². The zero-order chi connectivity index (χ0) is 20.1. The van der Waals surface area contributed by atoms with Gasteiger partial charge in [0.15, 0.2) is 0 Å². The van der Waals surface area contributed by atoms with Gasteiger partial charge < -0.3 is 14.0 Å². The standard InChI is InChI=1S/C22H23N3O3/c1-15-5-6-16(2)25(15)19-9-7-17(8-10-19)22(26)24-23-14-18-13-20(27-3)11-12-21(18)28-4/h5-14H,1-4H3,(H,24,26). The Morgan fingerprint density at radius 1 is 0.964 bits per heavy atom. The molecule has 6 nitrogen and oxygen atoms in total. The van der Waals surface area contributed by atoms with Gasteiger partial charge in [-0.2, -0.15) is 5.10 Å². The number of nitrogens with one attached hydrogen (secondary N) is 1. The van der Waals surface area contributed by atoms with E-state index in [0.717, 1.165) is 17.1 Å². The maximum absolute atomic E-state index is 12.4. The number of aromatic nitrogens is 1. The Hall–Kier alpha value is -3.54. The van der Waals surface area contributed by atoms with Crippen LogP contribution in [0.1, 0.15) is 27.3 Å². The average Bonchev–Trinajstić information content (AvgIpc) is 3.06. The number of hydrogen-bond donors (Lipinski definition) is 1. The van der Waals surface area contributed by atoms with Crippen LogP contribution in [0.5, 0.6) is 11.5 Å². The van der Waals surface area contributed by atoms with Gasteiger partial charge >= 0.3 is 0 Å². The van der Waals surface area contributed by atoms with E-state index >= 15 is 0 Å². The van der Waals surface area contributed by atoms with E-state index in [2.05, 4.69) is 41.1 Å². The number of carbonyl (C=O) groups excluding carboxylic acids is 1. The second-order valence-electron chi connectivity index (χ2n) is 6.31. The van der Waals surface area contributed by atoms with E-state index in [9.17, 15) is 4.79 Å². The van der Waals surface area contributed by atoms with Crippen LogP contribution < -0.4 is 14.9 Å². The molecule has 0 saturated heterocycles. The van der Waals surface area contributed by atoms with Crippen molar-refractivity contribution in [2.75, 3.05) is 14.2 Å². The van der Waals surface area contributed by atoms with Crippen molar-refractivity contribution in [1.82, 2.24) is 9.99 Å². The first kappa shape index (κ1) is 19.2. The van der Waals surface area contributed by atoms with Crippen LogP contribution in [0.25, 0.3) is 5.69 Å². The molecule has 0 aliphatic heterocycles. The van der Waals surface area contributed by atoms with Crippen LogP contribution in [0.15, 0.2) is 59.7 Å². The van der Waals surface area contributed by atoms with Gasteiger partial charge in [0.1, 0.15) is 11.5 Å². The highest BCUT2D eigenvalue weighted by Crippen LogP contribution is 2.22. The van der Waals surface area contributed by atoms with E-state index in [4.69, 9.17) is 9.47 Å². The third kappa shape index (κ3) is 4.06. The monoisotopic (exact) mass is 377 g/mol. The van der Waals surface area contributed by atoms with Gasteiger partial charge in [0.25, 0.3) is 5.91 Å². The van der Waals surface area contributed by atoms with Crippen molar-refractivity contribution in [3.8, 4) is 17.2 Å². The Bertz CT molecular complexity index is 985. The number of ether oxygens (including phenoxy) is 2. The second kappa shape index (κ2) is 8.43. The van der Waals surface area contributed by atoms with Crippen LogP contribution in [0, 0.1) is 13.8 Å². The third-order valence-electron chi connectivity index (χ3n) is 4.47. The lowest BCUT2D eigenvalue weighted by molar-refractivity contribution is 0.0955. The zero-order valence-corrected chi connectivity index (χ0v) is 16.4. The quantitative estimate of drug-likeness (QED) is 0.524. The summed E-state index contributed by atoms with van der Waals surface area (Å²) in [4.78, 5) is 12.4. The summed E-state index contributed by atoms with van der Waals surface area (Å²) in [5.41, 5.74) is 7.08. The molecular formula is C22H23N3O3. The number of hydrogen-bond acceptors (Lipinski definition) is 4. The molecule has 0 spiro atoms. The SMILES string of the molecule is COc1ccc(OC)c(C=NNC(=O)c2ccc(-n3c(C)ccc3C)cc2)c1. The van der Waals surface area contributed by atoms with Crippen molar-refractivity contribution < 1.29 is 14.3 Å². The van der Waals surface area contributed by atoms with Crippen molar-refractivity contribution in [2.45, 2.75) is 13.8 Å². The second-order valence-corrected chi connectivity index (χ2v) is 6.31. The summed E-state index contributed by atoms with van der Waals surface area (Å²) in [6.07, 6.45) is 1.53. The fraction of sp³-hybridized carbons (Fsp3) is 0.182. The van der Waals surface area contributed by atoms with Crippen LogP contribution in [0.3, 0.4) is 0 Å². The maximum Gasteiger partial charge on any atom is 0.271 e. The minimum absolute atomic E-state index is 0.286. The summed E-state index contributed by atoms with van der Waals surface area (Å²) < 4.78 is 12.6. The maximum atomic E-state index is 12.4. The van der Waals surface area contributed by atoms with Crippen molar-refractivity contribution in [3.05, 3.63) is 77.1 Å². The van der Waals surface area contributed by atoms with Gasteiger partial charge in [0.05, 0.1) is 20.4 Å². The molecule has 0 unspecified atom stereocenters. The molecule has 0 aliphatic rings. The summed E-state index contributed by atoms with van der Waals surface area (Å²) in [6.45, 7) is 4.10. The molecule has 0 saturated carbocycles. The Morgan fingerprint density at radius 2 is 1.64 bits per heavy atom. The van der Waals surface area contributed by atoms with Crippen molar-refractivity contribution in [3.63, 3.8) is 0 Å². The molecule has 0 bridgehead atoms. The summed E-state index contributed by atoms with van der Waals surface area (Å²) >= 11 is 0. The first-order valence-electron chi connectivity index (χ1n) is 8.84. The molecule has 6 heteroatoms. The van der Waals surface area contributed by atoms with Crippen LogP contribution in [0.2, 0.25) is 0 Å². The van der Waals surface area contributed by atoms with Crippen LogP contribution >= 0.6 is 0 Å². The fourth-order valence-electron chi connectivity index (χ4n) is 3.00. The minimum atomic E-state index is -0.286. The normalized spacial score (nSPS) is 10.9. The molecule has 144 valence electrons. The van der Waals surface area contributed by atoms with Crippen molar-refractivity contribution >= 4 is 12.1 Å². The van der Waals surface area contributed by atoms with Gasteiger partial charge in [0.2, 0.25) is 0 Å². The number of carbonyl (C=O) groups is 1. The molecule has 0 aliphatic carbocycles. The molecule has 0 atom stereocenters. The van der Waals surface area contributed by atoms with Gasteiger partial charge in [-0.25, -0.2) is 5.43 Å². The molecule has 2 aromatic carbocycles. The predicted octanol–water partition coefficient (Wildman–Crippen LogP) is 3.88. The number of nitrogens with zero attached hydrogens (tertiary/aromatic N) is 2. The van der Waals surface area contributed by atoms with E-state index in [1.807, 2.05) is 12.1 Å². The molecule has 1 amide bonds. The smallest absolute Gasteiger partial charge is 0.271 e. The highest BCUT2D eigenvalue weighted by Gasteiger charge is 2.08. The molecular weight excluding hydrogens is 354 g/mol. The average molecular weight is 377 g/mol. The molecule has 1 heterocycles. The molecule has 1 aromatic heterocycles. The first-order valence-corrected chi connectivity index (χ1v) is 8.84. The van der Waals surface area contributed by atoms with Gasteiger partial charge in [-0.05, 0) is 68.4 Å². The zero-order valence-electron chi connectivity index (χ0n) is 16.4. The van der Waals surface area contributed by atoms with Crippen LogP contribution in [-0.2, 0) is 0 Å². The lowest BCUT2D eigenvalue weighted by Crippen LogP contribution is -2.17. The lowest BCUT2D eigenvalue weighted by atomic mass is 10.2. The fourth-order valence-corrected chi connectivity index (χ4v) is 3.00. The third-order valence-corrected chi connectivity index (χ3v) is 4.47. The van der Waals surface area contributed by atoms with E-state index in [1.165, 1.54) is 6.21 Å². The summed E-state index contributed by atoms with van der Waals surface area (Å²) in [5.74, 6) is 1.03. The largest absolute Gasteiger partial charge is 0.497 e. The van der Waals surface area contributed by atoms with Gasteiger partial charge in [-0.1, -0.05) is 0 Å². The summed E-state index contributed by atoms with van der Waals surface area (Å²) in [5, 5.41) is 4.04. The van der Waals surface area contributed by atoms with Crippen molar-refractivity contribution in [1.29, 1.82) is 0 Å². The Labute approximate surface area is 164 Å². The molecule has 0 radical (unpaired) electrons. The number of benzene rings is 2. The lowest BCUT2D eigenvalue weighted by Gasteiger charge is -2.10. The van der Waals surface area contributed by atoms with E-state index < -0.39 is 0 Å². The number of hydrazone groups is 1. The van der Waals surface area contributed by atoms with E-state index in [-0.39, 0.29) is 5.91 Å². The van der Waals surface area contributed by atoms with Crippen LogP contribution in [0.4, 0.5) is 0 Å². The number of methoxy groups -OCH3 is 2. The van der Waals surface area contributed by atoms with Crippen molar-refractivity contribution in [2.24, 2.45) is 5.10 Å². The van der Waals surface area contributed by atoms with Gasteiger partial charge in [-0.15, -0.1) is 0 Å². The van der Waals surface area contributed by atoms with E-state index in [1.54, 1.807) is 44.6 Å². The first-order chi connectivity index (χ1) is 13.5. The molecule has 3 aromatic rings. The Balaban J connectivity index is 1.71. The molecule has 1 N–H and O–H groups in total. The molecule has 28 heavy (non-hydrogen) atoms. The topological polar surface area (TPSA) is 64.8 Å².